The first-order valence-electron chi connectivity index (χ1n) is 6.41. The number of carbonyl (C=O) groups excluding carboxylic acids is 1. The fraction of sp³-hybridized carbons (Fsp3) is 0.231. The molecule has 0 bridgehead atoms. The lowest BCUT2D eigenvalue weighted by Crippen LogP contribution is -2.09. The van der Waals surface area contributed by atoms with Gasteiger partial charge in [-0.25, -0.2) is 9.79 Å². The molecule has 0 atom stereocenters. The number of non-ortho nitro benzene ring substituents is 1. The Balaban J connectivity index is 2.57. The molecule has 0 unspecified atom stereocenters. The minimum absolute atomic E-state index is 0.000788. The summed E-state index contributed by atoms with van der Waals surface area (Å²) >= 11 is 0. The van der Waals surface area contributed by atoms with Crippen LogP contribution in [0.3, 0.4) is 0 Å². The third-order valence-corrected chi connectivity index (χ3v) is 2.99. The van der Waals surface area contributed by atoms with Gasteiger partial charge in [0, 0.05) is 11.6 Å². The zero-order valence-corrected chi connectivity index (χ0v) is 12.1. The average molecular weight is 321 g/mol. The van der Waals surface area contributed by atoms with Crippen molar-refractivity contribution in [3.05, 3.63) is 55.4 Å². The van der Waals surface area contributed by atoms with Gasteiger partial charge in [-0.2, -0.15) is 0 Å². The van der Waals surface area contributed by atoms with Gasteiger partial charge < -0.3 is 9.47 Å². The van der Waals surface area contributed by atoms with Gasteiger partial charge in [0.25, 0.3) is 11.4 Å². The molecule has 0 amide bonds. The number of carbonyl (C=O) groups is 1. The molecular weight excluding hydrogens is 310 g/mol. The Kier molecular flexibility index (Phi) is 4.35. The van der Waals surface area contributed by atoms with Gasteiger partial charge in [-0.05, 0) is 13.8 Å². The molecule has 0 aromatic heterocycles. The zero-order valence-electron chi connectivity index (χ0n) is 12.1. The van der Waals surface area contributed by atoms with Crippen LogP contribution in [0.4, 0.5) is 11.4 Å². The van der Waals surface area contributed by atoms with E-state index in [0.29, 0.717) is 6.61 Å². The molecule has 1 aromatic rings. The second-order valence-electron chi connectivity index (χ2n) is 4.42. The van der Waals surface area contributed by atoms with E-state index >= 15 is 0 Å². The van der Waals surface area contributed by atoms with Crippen molar-refractivity contribution in [2.75, 3.05) is 6.61 Å². The first-order chi connectivity index (χ1) is 10.8. The number of benzene rings is 1. The second-order valence-corrected chi connectivity index (χ2v) is 4.42. The van der Waals surface area contributed by atoms with E-state index in [1.54, 1.807) is 6.92 Å². The Morgan fingerprint density at radius 3 is 2.57 bits per heavy atom. The molecule has 23 heavy (non-hydrogen) atoms. The number of nitro groups is 2. The summed E-state index contributed by atoms with van der Waals surface area (Å²) in [5.74, 6) is -1.05. The van der Waals surface area contributed by atoms with E-state index in [2.05, 4.69) is 4.99 Å². The Hall–Kier alpha value is -3.30. The van der Waals surface area contributed by atoms with Crippen LogP contribution in [0.25, 0.3) is 0 Å². The van der Waals surface area contributed by atoms with Crippen LogP contribution in [0.1, 0.15) is 18.1 Å². The molecule has 0 aliphatic carbocycles. The maximum atomic E-state index is 11.7. The van der Waals surface area contributed by atoms with Crippen LogP contribution in [0.5, 0.6) is 0 Å². The van der Waals surface area contributed by atoms with Crippen molar-refractivity contribution in [1.82, 2.24) is 0 Å². The summed E-state index contributed by atoms with van der Waals surface area (Å²) in [4.78, 5) is 36.0. The molecule has 2 rings (SSSR count). The highest BCUT2D eigenvalue weighted by molar-refractivity contribution is 6.12. The standard InChI is InChI=1S/C13H11N3O7/c1-3-22-6-10-13(17)23-12(14-10)9-4-8(15(18)19)5-11(7(9)2)16(20)21/h4-6H,3H2,1-2H3/b10-6-. The molecule has 0 radical (unpaired) electrons. The van der Waals surface area contributed by atoms with Gasteiger partial charge in [-0.1, -0.05) is 0 Å². The van der Waals surface area contributed by atoms with Crippen LogP contribution in [0, 0.1) is 27.2 Å². The lowest BCUT2D eigenvalue weighted by molar-refractivity contribution is -0.394. The van der Waals surface area contributed by atoms with E-state index in [-0.39, 0.29) is 22.7 Å². The summed E-state index contributed by atoms with van der Waals surface area (Å²) < 4.78 is 9.86. The van der Waals surface area contributed by atoms with Gasteiger partial charge in [0.1, 0.15) is 6.26 Å². The van der Waals surface area contributed by atoms with E-state index in [0.717, 1.165) is 18.4 Å². The number of esters is 1. The summed E-state index contributed by atoms with van der Waals surface area (Å²) in [5, 5.41) is 22.0. The van der Waals surface area contributed by atoms with Crippen molar-refractivity contribution < 1.29 is 24.1 Å². The number of rotatable bonds is 5. The van der Waals surface area contributed by atoms with Crippen LogP contribution in [-0.2, 0) is 14.3 Å². The Bertz CT molecular complexity index is 767. The summed E-state index contributed by atoms with van der Waals surface area (Å²) in [7, 11) is 0. The maximum absolute atomic E-state index is 11.7. The fourth-order valence-electron chi connectivity index (χ4n) is 1.87. The molecular formula is C13H11N3O7. The highest BCUT2D eigenvalue weighted by Gasteiger charge is 2.30. The number of hydrogen-bond acceptors (Lipinski definition) is 8. The maximum Gasteiger partial charge on any atom is 0.367 e. The van der Waals surface area contributed by atoms with E-state index in [9.17, 15) is 25.0 Å². The van der Waals surface area contributed by atoms with Gasteiger partial charge >= 0.3 is 5.97 Å². The zero-order chi connectivity index (χ0) is 17.1. The average Bonchev–Trinajstić information content (AvgIpc) is 2.85. The Morgan fingerprint density at radius 2 is 2.00 bits per heavy atom. The van der Waals surface area contributed by atoms with Gasteiger partial charge in [0.15, 0.2) is 5.70 Å². The largest absolute Gasteiger partial charge is 0.499 e. The molecule has 0 saturated heterocycles. The van der Waals surface area contributed by atoms with Crippen molar-refractivity contribution in [3.63, 3.8) is 0 Å². The predicted molar refractivity (Wildman–Crippen MR) is 76.8 cm³/mol. The Morgan fingerprint density at radius 1 is 1.30 bits per heavy atom. The molecule has 1 aromatic carbocycles. The van der Waals surface area contributed by atoms with Crippen LogP contribution in [-0.4, -0.2) is 28.3 Å². The van der Waals surface area contributed by atoms with E-state index in [1.807, 2.05) is 0 Å². The molecule has 120 valence electrons. The van der Waals surface area contributed by atoms with E-state index in [4.69, 9.17) is 9.47 Å². The highest BCUT2D eigenvalue weighted by Crippen LogP contribution is 2.30. The number of cyclic esters (lactones) is 1. The van der Waals surface area contributed by atoms with Gasteiger partial charge in [-0.15, -0.1) is 0 Å². The molecule has 0 saturated carbocycles. The third kappa shape index (κ3) is 3.15. The quantitative estimate of drug-likeness (QED) is 0.266. The van der Waals surface area contributed by atoms with Crippen LogP contribution >= 0.6 is 0 Å². The SMILES string of the molecule is CCO/C=C1\N=C(c2cc([N+](=O)[O-])cc([N+](=O)[O-])c2C)OC1=O. The van der Waals surface area contributed by atoms with Gasteiger partial charge in [0.2, 0.25) is 5.90 Å². The number of aliphatic imine (C=N–C) groups is 1. The fourth-order valence-corrected chi connectivity index (χ4v) is 1.87. The minimum Gasteiger partial charge on any atom is -0.499 e. The van der Waals surface area contributed by atoms with Crippen LogP contribution in [0.2, 0.25) is 0 Å². The molecule has 0 fully saturated rings. The van der Waals surface area contributed by atoms with Crippen LogP contribution in [0.15, 0.2) is 29.1 Å². The highest BCUT2D eigenvalue weighted by atomic mass is 16.6. The van der Waals surface area contributed by atoms with Crippen molar-refractivity contribution in [2.45, 2.75) is 13.8 Å². The number of nitro benzene ring substituents is 2. The van der Waals surface area contributed by atoms with E-state index in [1.165, 1.54) is 6.92 Å². The molecule has 0 spiro atoms. The second kappa shape index (κ2) is 6.22. The molecule has 1 heterocycles. The monoisotopic (exact) mass is 321 g/mol. The van der Waals surface area contributed by atoms with Gasteiger partial charge in [0.05, 0.1) is 28.1 Å². The predicted octanol–water partition coefficient (Wildman–Crippen LogP) is 1.99. The van der Waals surface area contributed by atoms with Crippen molar-refractivity contribution in [2.24, 2.45) is 4.99 Å². The normalized spacial score (nSPS) is 15.3. The molecule has 1 aliphatic rings. The number of nitrogens with zero attached hydrogens (tertiary/aromatic N) is 3. The van der Waals surface area contributed by atoms with Crippen molar-refractivity contribution >= 4 is 23.2 Å². The minimum atomic E-state index is -0.804. The molecule has 1 aliphatic heterocycles. The van der Waals surface area contributed by atoms with E-state index < -0.39 is 27.2 Å². The molecule has 10 heteroatoms. The first kappa shape index (κ1) is 16.1. The topological polar surface area (TPSA) is 134 Å². The summed E-state index contributed by atoms with van der Waals surface area (Å²) in [6.45, 7) is 3.40. The summed E-state index contributed by atoms with van der Waals surface area (Å²) in [5.41, 5.74) is -0.993. The first-order valence-corrected chi connectivity index (χ1v) is 6.41. The van der Waals surface area contributed by atoms with Crippen molar-refractivity contribution in [3.8, 4) is 0 Å². The van der Waals surface area contributed by atoms with Crippen LogP contribution < -0.4 is 0 Å². The number of ether oxygens (including phenoxy) is 2. The van der Waals surface area contributed by atoms with Gasteiger partial charge in [-0.3, -0.25) is 20.2 Å². The summed E-state index contributed by atoms with van der Waals surface area (Å²) in [6.07, 6.45) is 1.09. The summed E-state index contributed by atoms with van der Waals surface area (Å²) in [6, 6.07) is 1.91. The smallest absolute Gasteiger partial charge is 0.367 e. The van der Waals surface area contributed by atoms with Crippen molar-refractivity contribution in [1.29, 1.82) is 0 Å². The lowest BCUT2D eigenvalue weighted by atomic mass is 10.1. The lowest BCUT2D eigenvalue weighted by Gasteiger charge is -2.05. The molecule has 10 nitrogen and oxygen atoms in total. The number of hydrogen-bond donors (Lipinski definition) is 0. The third-order valence-electron chi connectivity index (χ3n) is 2.99. The molecule has 0 N–H and O–H groups in total. The Labute approximate surface area is 129 Å².